The van der Waals surface area contributed by atoms with E-state index in [2.05, 4.69) is 0 Å². The number of aliphatic hydroxyl groups excluding tert-OH is 1. The van der Waals surface area contributed by atoms with E-state index in [0.29, 0.717) is 0 Å². The number of ether oxygens (including phenoxy) is 2. The van der Waals surface area contributed by atoms with Crippen molar-refractivity contribution in [1.29, 1.82) is 0 Å². The van der Waals surface area contributed by atoms with Crippen LogP contribution in [0.15, 0.2) is 0 Å². The van der Waals surface area contributed by atoms with Crippen LogP contribution in [0.25, 0.3) is 0 Å². The molecule has 0 saturated heterocycles. The number of aliphatic hydroxyl groups is 1. The van der Waals surface area contributed by atoms with Crippen molar-refractivity contribution in [3.05, 3.63) is 0 Å². The van der Waals surface area contributed by atoms with Crippen molar-refractivity contribution in [1.82, 2.24) is 0 Å². The molecule has 1 N–H and O–H groups in total. The van der Waals surface area contributed by atoms with Gasteiger partial charge in [-0.3, -0.25) is 9.59 Å². The first-order chi connectivity index (χ1) is 7.97. The SMILES string of the molecule is CCOC(=O)C(CCO)(C(=O)OCC)C(C)C. The standard InChI is InChI=1S/C12H22O5/c1-5-16-10(14)12(7-8-13,9(3)4)11(15)17-6-2/h9,13H,5-8H2,1-4H3. The normalized spacial score (nSPS) is 11.4. The second kappa shape index (κ2) is 7.27. The van der Waals surface area contributed by atoms with E-state index in [0.717, 1.165) is 0 Å². The molecule has 5 nitrogen and oxygen atoms in total. The zero-order chi connectivity index (χ0) is 13.5. The van der Waals surface area contributed by atoms with Crippen molar-refractivity contribution in [2.45, 2.75) is 34.1 Å². The fraction of sp³-hybridized carbons (Fsp3) is 0.833. The highest BCUT2D eigenvalue weighted by atomic mass is 16.6. The lowest BCUT2D eigenvalue weighted by Gasteiger charge is -2.31. The van der Waals surface area contributed by atoms with E-state index in [1.807, 2.05) is 0 Å². The van der Waals surface area contributed by atoms with Gasteiger partial charge in [-0.05, 0) is 26.2 Å². The fourth-order valence-electron chi connectivity index (χ4n) is 1.74. The maximum absolute atomic E-state index is 12.0. The van der Waals surface area contributed by atoms with E-state index in [9.17, 15) is 9.59 Å². The summed E-state index contributed by atoms with van der Waals surface area (Å²) in [6.45, 7) is 6.94. The number of carbonyl (C=O) groups excluding carboxylic acids is 2. The minimum Gasteiger partial charge on any atom is -0.465 e. The number of carbonyl (C=O) groups is 2. The minimum atomic E-state index is -1.40. The number of hydrogen-bond acceptors (Lipinski definition) is 5. The predicted molar refractivity (Wildman–Crippen MR) is 62.2 cm³/mol. The molecule has 0 unspecified atom stereocenters. The van der Waals surface area contributed by atoms with Gasteiger partial charge in [-0.15, -0.1) is 0 Å². The molecule has 0 radical (unpaired) electrons. The zero-order valence-electron chi connectivity index (χ0n) is 11.0. The molecule has 0 aliphatic heterocycles. The van der Waals surface area contributed by atoms with Crippen molar-refractivity contribution >= 4 is 11.9 Å². The van der Waals surface area contributed by atoms with Crippen molar-refractivity contribution in [3.63, 3.8) is 0 Å². The van der Waals surface area contributed by atoms with Gasteiger partial charge in [-0.25, -0.2) is 0 Å². The molecule has 0 aliphatic carbocycles. The lowest BCUT2D eigenvalue weighted by atomic mass is 9.74. The average molecular weight is 246 g/mol. The maximum atomic E-state index is 12.0. The van der Waals surface area contributed by atoms with Crippen LogP contribution in [0.5, 0.6) is 0 Å². The topological polar surface area (TPSA) is 72.8 Å². The molecule has 5 heteroatoms. The predicted octanol–water partition coefficient (Wildman–Crippen LogP) is 1.14. The first-order valence-corrected chi connectivity index (χ1v) is 5.92. The maximum Gasteiger partial charge on any atom is 0.323 e. The second-order valence-corrected chi connectivity index (χ2v) is 4.04. The Kier molecular flexibility index (Phi) is 6.80. The van der Waals surface area contributed by atoms with Gasteiger partial charge in [0.1, 0.15) is 0 Å². The Labute approximate surface area is 102 Å². The fourth-order valence-corrected chi connectivity index (χ4v) is 1.74. The highest BCUT2D eigenvalue weighted by Gasteiger charge is 2.50. The molecule has 0 aromatic carbocycles. The van der Waals surface area contributed by atoms with Crippen LogP contribution in [0.2, 0.25) is 0 Å². The Hall–Kier alpha value is -1.10. The first kappa shape index (κ1) is 15.9. The molecule has 0 atom stereocenters. The number of hydrogen-bond donors (Lipinski definition) is 1. The van der Waals surface area contributed by atoms with Crippen molar-refractivity contribution in [2.24, 2.45) is 11.3 Å². The van der Waals surface area contributed by atoms with Crippen molar-refractivity contribution < 1.29 is 24.2 Å². The molecule has 0 amide bonds. The molecule has 0 aromatic heterocycles. The largest absolute Gasteiger partial charge is 0.465 e. The van der Waals surface area contributed by atoms with E-state index < -0.39 is 17.4 Å². The van der Waals surface area contributed by atoms with Crippen LogP contribution in [0.3, 0.4) is 0 Å². The van der Waals surface area contributed by atoms with Crippen LogP contribution in [0, 0.1) is 11.3 Å². The van der Waals surface area contributed by atoms with Gasteiger partial charge in [0.2, 0.25) is 0 Å². The highest BCUT2D eigenvalue weighted by molar-refractivity contribution is 6.00. The molecular weight excluding hydrogens is 224 g/mol. The summed E-state index contributed by atoms with van der Waals surface area (Å²) in [6.07, 6.45) is 0.0162. The van der Waals surface area contributed by atoms with Crippen LogP contribution in [-0.4, -0.2) is 36.9 Å². The third-order valence-electron chi connectivity index (χ3n) is 2.77. The summed E-state index contributed by atoms with van der Waals surface area (Å²) in [7, 11) is 0. The summed E-state index contributed by atoms with van der Waals surface area (Å²) in [5, 5.41) is 9.07. The summed E-state index contributed by atoms with van der Waals surface area (Å²) in [5.74, 6) is -1.54. The van der Waals surface area contributed by atoms with E-state index in [1.54, 1.807) is 27.7 Å². The average Bonchev–Trinajstić information content (AvgIpc) is 2.25. The number of rotatable bonds is 7. The van der Waals surface area contributed by atoms with Crippen molar-refractivity contribution in [2.75, 3.05) is 19.8 Å². The molecule has 0 aliphatic rings. The number of esters is 2. The molecule has 17 heavy (non-hydrogen) atoms. The van der Waals surface area contributed by atoms with Gasteiger partial charge in [0, 0.05) is 6.61 Å². The Balaban J connectivity index is 5.25. The summed E-state index contributed by atoms with van der Waals surface area (Å²) in [6, 6.07) is 0. The third kappa shape index (κ3) is 3.43. The van der Waals surface area contributed by atoms with Crippen LogP contribution >= 0.6 is 0 Å². The van der Waals surface area contributed by atoms with Crippen LogP contribution < -0.4 is 0 Å². The molecule has 0 heterocycles. The summed E-state index contributed by atoms with van der Waals surface area (Å²) in [5.41, 5.74) is -1.40. The molecule has 0 fully saturated rings. The van der Waals surface area contributed by atoms with Gasteiger partial charge in [0.05, 0.1) is 13.2 Å². The summed E-state index contributed by atoms with van der Waals surface area (Å²) in [4.78, 5) is 24.0. The molecule has 0 aromatic rings. The Morgan fingerprint density at radius 2 is 1.53 bits per heavy atom. The summed E-state index contributed by atoms with van der Waals surface area (Å²) >= 11 is 0. The molecule has 0 saturated carbocycles. The molecule has 100 valence electrons. The van der Waals surface area contributed by atoms with Gasteiger partial charge >= 0.3 is 11.9 Å². The first-order valence-electron chi connectivity index (χ1n) is 5.92. The van der Waals surface area contributed by atoms with Gasteiger partial charge in [-0.1, -0.05) is 13.8 Å². The zero-order valence-corrected chi connectivity index (χ0v) is 11.0. The molecule has 0 spiro atoms. The van der Waals surface area contributed by atoms with E-state index >= 15 is 0 Å². The van der Waals surface area contributed by atoms with E-state index in [-0.39, 0.29) is 32.2 Å². The highest BCUT2D eigenvalue weighted by Crippen LogP contribution is 2.34. The second-order valence-electron chi connectivity index (χ2n) is 4.04. The van der Waals surface area contributed by atoms with Gasteiger partial charge in [0.15, 0.2) is 5.41 Å². The lowest BCUT2D eigenvalue weighted by Crippen LogP contribution is -2.47. The van der Waals surface area contributed by atoms with Gasteiger partial charge in [-0.2, -0.15) is 0 Å². The van der Waals surface area contributed by atoms with E-state index in [1.165, 1.54) is 0 Å². The smallest absolute Gasteiger partial charge is 0.323 e. The van der Waals surface area contributed by atoms with Crippen molar-refractivity contribution in [3.8, 4) is 0 Å². The van der Waals surface area contributed by atoms with Crippen LogP contribution in [0.1, 0.15) is 34.1 Å². The quantitative estimate of drug-likeness (QED) is 0.538. The molecule has 0 rings (SSSR count). The Morgan fingerprint density at radius 1 is 1.12 bits per heavy atom. The summed E-state index contributed by atoms with van der Waals surface area (Å²) < 4.78 is 9.88. The minimum absolute atomic E-state index is 0.0162. The van der Waals surface area contributed by atoms with Gasteiger partial charge in [0.25, 0.3) is 0 Å². The molecular formula is C12H22O5. The lowest BCUT2D eigenvalue weighted by molar-refractivity contribution is -0.177. The Bertz CT molecular complexity index is 242. The van der Waals surface area contributed by atoms with Crippen LogP contribution in [0.4, 0.5) is 0 Å². The van der Waals surface area contributed by atoms with E-state index in [4.69, 9.17) is 14.6 Å². The Morgan fingerprint density at radius 3 is 1.76 bits per heavy atom. The third-order valence-corrected chi connectivity index (χ3v) is 2.77. The van der Waals surface area contributed by atoms with Crippen LogP contribution in [-0.2, 0) is 19.1 Å². The van der Waals surface area contributed by atoms with Gasteiger partial charge < -0.3 is 14.6 Å². The molecule has 0 bridgehead atoms. The monoisotopic (exact) mass is 246 g/mol.